The van der Waals surface area contributed by atoms with Gasteiger partial charge in [-0.3, -0.25) is 14.6 Å². The highest BCUT2D eigenvalue weighted by Gasteiger charge is 2.23. The van der Waals surface area contributed by atoms with Crippen LogP contribution < -0.4 is 5.32 Å². The van der Waals surface area contributed by atoms with Gasteiger partial charge in [0.25, 0.3) is 5.91 Å². The van der Waals surface area contributed by atoms with Crippen molar-refractivity contribution in [1.82, 2.24) is 0 Å². The maximum absolute atomic E-state index is 12.4. The Bertz CT molecular complexity index is 900. The van der Waals surface area contributed by atoms with E-state index < -0.39 is 6.10 Å². The molecule has 2 aromatic carbocycles. The van der Waals surface area contributed by atoms with Crippen molar-refractivity contribution >= 4 is 28.8 Å². The number of carbonyl (C=O) groups excluding carboxylic acids is 2. The SMILES string of the molecule is C/C=C\OC(C)C(=O)Nc1ccccc1C1=Nc2ccccc2C(=O)C1. The van der Waals surface area contributed by atoms with E-state index in [4.69, 9.17) is 4.74 Å². The van der Waals surface area contributed by atoms with Gasteiger partial charge in [0.15, 0.2) is 11.9 Å². The molecule has 1 heterocycles. The second-order valence-corrected chi connectivity index (χ2v) is 5.96. The first-order valence-electron chi connectivity index (χ1n) is 8.47. The zero-order valence-electron chi connectivity index (χ0n) is 14.7. The van der Waals surface area contributed by atoms with E-state index in [9.17, 15) is 9.59 Å². The van der Waals surface area contributed by atoms with Crippen molar-refractivity contribution in [2.45, 2.75) is 26.4 Å². The number of carbonyl (C=O) groups is 2. The molecule has 0 saturated carbocycles. The number of amides is 1. The summed E-state index contributed by atoms with van der Waals surface area (Å²) in [5.74, 6) is -0.241. The van der Waals surface area contributed by atoms with Crippen molar-refractivity contribution in [1.29, 1.82) is 0 Å². The number of rotatable bonds is 5. The summed E-state index contributed by atoms with van der Waals surface area (Å²) in [5.41, 5.74) is 3.28. The van der Waals surface area contributed by atoms with Crippen molar-refractivity contribution in [3.63, 3.8) is 0 Å². The number of para-hydroxylation sites is 2. The fourth-order valence-corrected chi connectivity index (χ4v) is 2.73. The predicted molar refractivity (Wildman–Crippen MR) is 102 cm³/mol. The first kappa shape index (κ1) is 17.6. The fourth-order valence-electron chi connectivity index (χ4n) is 2.73. The highest BCUT2D eigenvalue weighted by molar-refractivity contribution is 6.22. The van der Waals surface area contributed by atoms with Gasteiger partial charge in [-0.15, -0.1) is 0 Å². The predicted octanol–water partition coefficient (Wildman–Crippen LogP) is 4.27. The monoisotopic (exact) mass is 348 g/mol. The van der Waals surface area contributed by atoms with Gasteiger partial charge in [-0.2, -0.15) is 0 Å². The Balaban J connectivity index is 1.90. The summed E-state index contributed by atoms with van der Waals surface area (Å²) in [6.45, 7) is 3.49. The van der Waals surface area contributed by atoms with Crippen LogP contribution in [0.15, 0.2) is 65.9 Å². The number of nitrogens with zero attached hydrogens (tertiary/aromatic N) is 1. The lowest BCUT2D eigenvalue weighted by molar-refractivity contribution is -0.123. The standard InChI is InChI=1S/C21H20N2O3/c1-3-12-26-14(2)21(25)23-17-10-6-4-8-15(17)19-13-20(24)16-9-5-7-11-18(16)22-19/h3-12,14H,13H2,1-2H3,(H,23,25)/b12-3-. The summed E-state index contributed by atoms with van der Waals surface area (Å²) in [6.07, 6.45) is 2.78. The molecule has 0 bridgehead atoms. The second-order valence-electron chi connectivity index (χ2n) is 5.96. The normalized spacial score (nSPS) is 14.5. The molecule has 1 aliphatic heterocycles. The van der Waals surface area contributed by atoms with E-state index in [0.717, 1.165) is 5.56 Å². The molecular formula is C21H20N2O3. The van der Waals surface area contributed by atoms with Gasteiger partial charge in [0, 0.05) is 16.8 Å². The third-order valence-corrected chi connectivity index (χ3v) is 4.07. The molecule has 26 heavy (non-hydrogen) atoms. The van der Waals surface area contributed by atoms with Crippen LogP contribution in [0.1, 0.15) is 36.2 Å². The minimum absolute atomic E-state index is 0.0245. The van der Waals surface area contributed by atoms with Crippen LogP contribution in [0.2, 0.25) is 0 Å². The highest BCUT2D eigenvalue weighted by Crippen LogP contribution is 2.29. The smallest absolute Gasteiger partial charge is 0.265 e. The molecule has 5 nitrogen and oxygen atoms in total. The van der Waals surface area contributed by atoms with E-state index in [0.29, 0.717) is 22.6 Å². The number of nitrogens with one attached hydrogen (secondary N) is 1. The molecule has 5 heteroatoms. The van der Waals surface area contributed by atoms with Crippen LogP contribution in [0.5, 0.6) is 0 Å². The minimum Gasteiger partial charge on any atom is -0.489 e. The molecule has 3 rings (SSSR count). The highest BCUT2D eigenvalue weighted by atomic mass is 16.5. The summed E-state index contributed by atoms with van der Waals surface area (Å²) < 4.78 is 5.30. The average Bonchev–Trinajstić information content (AvgIpc) is 2.66. The number of allylic oxidation sites excluding steroid dienone is 1. The Labute approximate surface area is 152 Å². The number of fused-ring (bicyclic) bond motifs is 1. The van der Waals surface area contributed by atoms with Crippen LogP contribution in [0, 0.1) is 0 Å². The van der Waals surface area contributed by atoms with E-state index in [1.54, 1.807) is 25.1 Å². The van der Waals surface area contributed by atoms with E-state index in [2.05, 4.69) is 10.3 Å². The van der Waals surface area contributed by atoms with Crippen LogP contribution in [0.25, 0.3) is 0 Å². The molecule has 0 fully saturated rings. The van der Waals surface area contributed by atoms with Crippen molar-refractivity contribution in [3.8, 4) is 0 Å². The Morgan fingerprint density at radius 1 is 1.15 bits per heavy atom. The van der Waals surface area contributed by atoms with Crippen LogP contribution in [0.4, 0.5) is 11.4 Å². The summed E-state index contributed by atoms with van der Waals surface area (Å²) >= 11 is 0. The number of benzene rings is 2. The molecule has 132 valence electrons. The quantitative estimate of drug-likeness (QED) is 0.821. The summed E-state index contributed by atoms with van der Waals surface area (Å²) in [4.78, 5) is 29.4. The lowest BCUT2D eigenvalue weighted by atomic mass is 9.95. The summed E-state index contributed by atoms with van der Waals surface area (Å²) in [6, 6.07) is 14.6. The molecule has 2 aromatic rings. The van der Waals surface area contributed by atoms with E-state index in [1.165, 1.54) is 6.26 Å². The molecule has 0 aliphatic carbocycles. The Kier molecular flexibility index (Phi) is 5.27. The lowest BCUT2D eigenvalue weighted by Crippen LogP contribution is -2.27. The zero-order chi connectivity index (χ0) is 18.5. The van der Waals surface area contributed by atoms with Crippen LogP contribution in [-0.2, 0) is 9.53 Å². The van der Waals surface area contributed by atoms with Crippen LogP contribution in [0.3, 0.4) is 0 Å². The minimum atomic E-state index is -0.630. The number of Topliss-reactive ketones (excluding diaryl/α,β-unsaturated/α-hetero) is 1. The summed E-state index contributed by atoms with van der Waals surface area (Å²) in [7, 11) is 0. The molecular weight excluding hydrogens is 328 g/mol. The van der Waals surface area contributed by atoms with Crippen LogP contribution >= 0.6 is 0 Å². The molecule has 0 spiro atoms. The Hall–Kier alpha value is -3.21. The van der Waals surface area contributed by atoms with Gasteiger partial charge in [0.05, 0.1) is 24.1 Å². The van der Waals surface area contributed by atoms with Gasteiger partial charge < -0.3 is 10.1 Å². The topological polar surface area (TPSA) is 67.8 Å². The Morgan fingerprint density at radius 2 is 1.85 bits per heavy atom. The third-order valence-electron chi connectivity index (χ3n) is 4.07. The van der Waals surface area contributed by atoms with Gasteiger partial charge in [0.2, 0.25) is 0 Å². The van der Waals surface area contributed by atoms with Crippen molar-refractivity contribution < 1.29 is 14.3 Å². The van der Waals surface area contributed by atoms with Crippen molar-refractivity contribution in [2.75, 3.05) is 5.32 Å². The van der Waals surface area contributed by atoms with Gasteiger partial charge >= 0.3 is 0 Å². The fraction of sp³-hybridized carbons (Fsp3) is 0.190. The first-order chi connectivity index (χ1) is 12.6. The van der Waals surface area contributed by atoms with Crippen molar-refractivity contribution in [3.05, 3.63) is 72.0 Å². The molecule has 1 N–H and O–H groups in total. The second kappa shape index (κ2) is 7.78. The van der Waals surface area contributed by atoms with E-state index in [1.807, 2.05) is 43.3 Å². The van der Waals surface area contributed by atoms with Gasteiger partial charge in [-0.25, -0.2) is 0 Å². The zero-order valence-corrected chi connectivity index (χ0v) is 14.7. The van der Waals surface area contributed by atoms with Gasteiger partial charge in [-0.1, -0.05) is 36.4 Å². The number of aliphatic imine (C=N–C) groups is 1. The number of ether oxygens (including phenoxy) is 1. The maximum atomic E-state index is 12.4. The van der Waals surface area contributed by atoms with Gasteiger partial charge in [-0.05, 0) is 32.0 Å². The third kappa shape index (κ3) is 3.72. The molecule has 0 aromatic heterocycles. The molecule has 0 saturated heterocycles. The molecule has 1 atom stereocenters. The molecule has 1 aliphatic rings. The van der Waals surface area contributed by atoms with Crippen LogP contribution in [-0.4, -0.2) is 23.5 Å². The van der Waals surface area contributed by atoms with Gasteiger partial charge in [0.1, 0.15) is 0 Å². The summed E-state index contributed by atoms with van der Waals surface area (Å²) in [5, 5.41) is 2.87. The number of anilines is 1. The average molecular weight is 348 g/mol. The Morgan fingerprint density at radius 3 is 2.62 bits per heavy atom. The van der Waals surface area contributed by atoms with E-state index in [-0.39, 0.29) is 18.1 Å². The maximum Gasteiger partial charge on any atom is 0.265 e. The first-order valence-corrected chi connectivity index (χ1v) is 8.47. The van der Waals surface area contributed by atoms with Crippen molar-refractivity contribution in [2.24, 2.45) is 4.99 Å². The molecule has 0 radical (unpaired) electrons. The lowest BCUT2D eigenvalue weighted by Gasteiger charge is -2.18. The number of hydrogen-bond donors (Lipinski definition) is 1. The van der Waals surface area contributed by atoms with E-state index >= 15 is 0 Å². The molecule has 1 unspecified atom stereocenters. The molecule has 1 amide bonds. The number of hydrogen-bond acceptors (Lipinski definition) is 4. The largest absolute Gasteiger partial charge is 0.489 e. The number of ketones is 1.